The second-order valence-electron chi connectivity index (χ2n) is 4.79. The molecule has 0 fully saturated rings. The summed E-state index contributed by atoms with van der Waals surface area (Å²) in [5.74, 6) is 0. The molecule has 0 aliphatic heterocycles. The quantitative estimate of drug-likeness (QED) is 0.656. The van der Waals surface area contributed by atoms with E-state index >= 15 is 0 Å². The molecule has 0 aliphatic rings. The van der Waals surface area contributed by atoms with Gasteiger partial charge in [0, 0.05) is 21.7 Å². The number of halogens is 1. The van der Waals surface area contributed by atoms with Crippen molar-refractivity contribution in [2.45, 2.75) is 6.92 Å². The zero-order valence-electron chi connectivity index (χ0n) is 11.1. The largest absolute Gasteiger partial charge is 0.284 e. The number of nitrogens with zero attached hydrogens (tertiary/aromatic N) is 1. The molecule has 0 saturated carbocycles. The summed E-state index contributed by atoms with van der Waals surface area (Å²) < 4.78 is 2.71. The van der Waals surface area contributed by atoms with Crippen LogP contribution in [0.5, 0.6) is 0 Å². The van der Waals surface area contributed by atoms with E-state index in [0.717, 1.165) is 21.1 Å². The van der Waals surface area contributed by atoms with Crippen LogP contribution in [0.4, 0.5) is 0 Å². The van der Waals surface area contributed by atoms with E-state index in [0.29, 0.717) is 5.56 Å². The first-order valence-corrected chi connectivity index (χ1v) is 7.10. The van der Waals surface area contributed by atoms with Crippen molar-refractivity contribution in [2.24, 2.45) is 0 Å². The van der Waals surface area contributed by atoms with Crippen molar-refractivity contribution in [1.82, 2.24) is 4.40 Å². The highest BCUT2D eigenvalue weighted by molar-refractivity contribution is 9.10. The van der Waals surface area contributed by atoms with Crippen molar-refractivity contribution in [2.75, 3.05) is 0 Å². The van der Waals surface area contributed by atoms with Gasteiger partial charge in [-0.2, -0.15) is 0 Å². The summed E-state index contributed by atoms with van der Waals surface area (Å²) in [6, 6.07) is 13.8. The van der Waals surface area contributed by atoms with Gasteiger partial charge in [-0.25, -0.2) is 0 Å². The molecule has 0 unspecified atom stereocenters. The molecule has 2 heterocycles. The predicted octanol–water partition coefficient (Wildman–Crippen LogP) is 4.22. The molecule has 2 nitrogen and oxygen atoms in total. The van der Waals surface area contributed by atoms with E-state index in [1.54, 1.807) is 10.5 Å². The Morgan fingerprint density at radius 3 is 2.75 bits per heavy atom. The van der Waals surface area contributed by atoms with Crippen molar-refractivity contribution in [3.05, 3.63) is 81.5 Å². The molecule has 0 aliphatic carbocycles. The molecule has 3 heteroatoms. The van der Waals surface area contributed by atoms with E-state index in [2.05, 4.69) is 35.8 Å². The normalized spacial score (nSPS) is 10.9. The predicted molar refractivity (Wildman–Crippen MR) is 86.0 cm³/mol. The van der Waals surface area contributed by atoms with Gasteiger partial charge >= 0.3 is 0 Å². The summed E-state index contributed by atoms with van der Waals surface area (Å²) in [7, 11) is 0. The molecular formula is C17H13BrNO. The maximum Gasteiger partial charge on any atom is 0.258 e. The number of pyridine rings is 2. The van der Waals surface area contributed by atoms with Crippen LogP contribution in [0.15, 0.2) is 57.9 Å². The third kappa shape index (κ3) is 2.08. The highest BCUT2D eigenvalue weighted by atomic mass is 79.9. The van der Waals surface area contributed by atoms with Crippen molar-refractivity contribution in [3.8, 4) is 11.1 Å². The number of aromatic nitrogens is 1. The third-order valence-electron chi connectivity index (χ3n) is 3.51. The average molecular weight is 327 g/mol. The van der Waals surface area contributed by atoms with Crippen LogP contribution in [0.3, 0.4) is 0 Å². The van der Waals surface area contributed by atoms with Crippen molar-refractivity contribution >= 4 is 21.4 Å². The lowest BCUT2D eigenvalue weighted by molar-refractivity contribution is 1.08. The molecule has 20 heavy (non-hydrogen) atoms. The lowest BCUT2D eigenvalue weighted by Gasteiger charge is -2.10. The Bertz CT molecular complexity index is 864. The summed E-state index contributed by atoms with van der Waals surface area (Å²) >= 11 is 3.55. The maximum absolute atomic E-state index is 12.0. The fraction of sp³-hybridized carbons (Fsp3) is 0.0588. The van der Waals surface area contributed by atoms with Gasteiger partial charge in [0.1, 0.15) is 0 Å². The second-order valence-corrected chi connectivity index (χ2v) is 5.64. The fourth-order valence-electron chi connectivity index (χ4n) is 2.33. The van der Waals surface area contributed by atoms with Crippen LogP contribution >= 0.6 is 15.9 Å². The molecule has 1 radical (unpaired) electrons. The first-order valence-electron chi connectivity index (χ1n) is 6.31. The summed E-state index contributed by atoms with van der Waals surface area (Å²) in [5.41, 5.74) is 4.76. The van der Waals surface area contributed by atoms with E-state index in [1.807, 2.05) is 36.5 Å². The van der Waals surface area contributed by atoms with E-state index in [4.69, 9.17) is 0 Å². The first-order chi connectivity index (χ1) is 9.58. The van der Waals surface area contributed by atoms with Gasteiger partial charge in [-0.15, -0.1) is 0 Å². The molecule has 0 saturated heterocycles. The molecule has 0 amide bonds. The molecule has 3 aromatic rings. The molecule has 3 rings (SSSR count). The Balaban J connectivity index is 2.26. The number of hydrogen-bond acceptors (Lipinski definition) is 1. The van der Waals surface area contributed by atoms with Crippen LogP contribution in [-0.2, 0) is 0 Å². The molecule has 2 aromatic heterocycles. The highest BCUT2D eigenvalue weighted by Gasteiger charge is 2.06. The Morgan fingerprint density at radius 1 is 1.15 bits per heavy atom. The van der Waals surface area contributed by atoms with Gasteiger partial charge in [0.05, 0.1) is 0 Å². The van der Waals surface area contributed by atoms with Crippen LogP contribution in [-0.4, -0.2) is 4.40 Å². The van der Waals surface area contributed by atoms with Crippen LogP contribution in [0.1, 0.15) is 11.1 Å². The Morgan fingerprint density at radius 2 is 1.95 bits per heavy atom. The van der Waals surface area contributed by atoms with Crippen molar-refractivity contribution < 1.29 is 0 Å². The SMILES string of the molecule is [CH2]c1ccc2cc(-c3cccc(Br)c3C)ccn2c1=O. The lowest BCUT2D eigenvalue weighted by Crippen LogP contribution is -2.15. The number of fused-ring (bicyclic) bond motifs is 1. The molecule has 0 spiro atoms. The molecule has 1 aromatic carbocycles. The van der Waals surface area contributed by atoms with Gasteiger partial charge in [-0.05, 0) is 54.8 Å². The van der Waals surface area contributed by atoms with Gasteiger partial charge in [0.25, 0.3) is 5.56 Å². The molecule has 0 bridgehead atoms. The lowest BCUT2D eigenvalue weighted by atomic mass is 10.0. The van der Waals surface area contributed by atoms with E-state index < -0.39 is 0 Å². The summed E-state index contributed by atoms with van der Waals surface area (Å²) in [5, 5.41) is 0. The van der Waals surface area contributed by atoms with E-state index in [-0.39, 0.29) is 5.56 Å². The molecule has 0 atom stereocenters. The average Bonchev–Trinajstić information content (AvgIpc) is 2.46. The number of rotatable bonds is 1. The molecular weight excluding hydrogens is 314 g/mol. The minimum absolute atomic E-state index is 0.0694. The zero-order chi connectivity index (χ0) is 14.3. The van der Waals surface area contributed by atoms with Crippen molar-refractivity contribution in [3.63, 3.8) is 0 Å². The zero-order valence-corrected chi connectivity index (χ0v) is 12.6. The first kappa shape index (κ1) is 13.1. The number of hydrogen-bond donors (Lipinski definition) is 0. The molecule has 99 valence electrons. The smallest absolute Gasteiger partial charge is 0.258 e. The van der Waals surface area contributed by atoms with Crippen molar-refractivity contribution in [1.29, 1.82) is 0 Å². The summed E-state index contributed by atoms with van der Waals surface area (Å²) in [6.45, 7) is 5.82. The fourth-order valence-corrected chi connectivity index (χ4v) is 2.70. The van der Waals surface area contributed by atoms with Gasteiger partial charge in [0.15, 0.2) is 0 Å². The Kier molecular flexibility index (Phi) is 3.22. The van der Waals surface area contributed by atoms with Crippen LogP contribution < -0.4 is 5.56 Å². The Hall–Kier alpha value is -1.87. The minimum atomic E-state index is -0.0694. The van der Waals surface area contributed by atoms with E-state index in [1.165, 1.54) is 5.56 Å². The van der Waals surface area contributed by atoms with Crippen LogP contribution in [0.25, 0.3) is 16.6 Å². The minimum Gasteiger partial charge on any atom is -0.284 e. The third-order valence-corrected chi connectivity index (χ3v) is 4.37. The highest BCUT2D eigenvalue weighted by Crippen LogP contribution is 2.29. The van der Waals surface area contributed by atoms with Crippen LogP contribution in [0, 0.1) is 13.8 Å². The number of benzene rings is 1. The standard InChI is InChI=1S/C17H13BrNO/c1-11-6-7-14-10-13(8-9-19(14)17(11)20)15-4-3-5-16(18)12(15)2/h3-10H,1H2,2H3. The van der Waals surface area contributed by atoms with E-state index in [9.17, 15) is 4.79 Å². The second kappa shape index (κ2) is 4.91. The monoisotopic (exact) mass is 326 g/mol. The van der Waals surface area contributed by atoms with Gasteiger partial charge in [0.2, 0.25) is 0 Å². The van der Waals surface area contributed by atoms with Gasteiger partial charge in [-0.1, -0.05) is 34.1 Å². The topological polar surface area (TPSA) is 21.5 Å². The Labute approximate surface area is 125 Å². The summed E-state index contributed by atoms with van der Waals surface area (Å²) in [4.78, 5) is 12.0. The maximum atomic E-state index is 12.0. The van der Waals surface area contributed by atoms with Gasteiger partial charge < -0.3 is 0 Å². The summed E-state index contributed by atoms with van der Waals surface area (Å²) in [6.07, 6.45) is 1.81. The van der Waals surface area contributed by atoms with Gasteiger partial charge in [-0.3, -0.25) is 9.20 Å². The molecule has 0 N–H and O–H groups in total. The van der Waals surface area contributed by atoms with Crippen LogP contribution in [0.2, 0.25) is 0 Å².